The predicted octanol–water partition coefficient (Wildman–Crippen LogP) is 30.8. The fraction of sp³-hybridized carbons (Fsp3) is 0.0750. The second kappa shape index (κ2) is 30.3. The quantitative estimate of drug-likeness (QED) is 0.133. The molecule has 0 radical (unpaired) electrons. The van der Waals surface area contributed by atoms with Crippen LogP contribution in [0.4, 0.5) is 0 Å². The number of rotatable bonds is 9. The average Bonchev–Trinajstić information content (AvgIpc) is 1.57. The van der Waals surface area contributed by atoms with Crippen molar-refractivity contribution in [3.05, 3.63) is 440 Å². The van der Waals surface area contributed by atoms with Gasteiger partial charge in [-0.25, -0.2) is 19.9 Å². The minimum atomic E-state index is -0.163. The van der Waals surface area contributed by atoms with E-state index in [1.807, 2.05) is 36.8 Å². The van der Waals surface area contributed by atoms with Crippen LogP contribution in [0.1, 0.15) is 74.9 Å². The highest BCUT2D eigenvalue weighted by Gasteiger charge is 2.43. The van der Waals surface area contributed by atoms with Crippen LogP contribution in [-0.2, 0) is 16.2 Å². The van der Waals surface area contributed by atoms with E-state index in [0.717, 1.165) is 99.6 Å². The minimum Gasteiger partial charge on any atom is -0.256 e. The van der Waals surface area contributed by atoms with Gasteiger partial charge < -0.3 is 0 Å². The van der Waals surface area contributed by atoms with Crippen molar-refractivity contribution in [3.8, 4) is 134 Å². The first-order valence-corrected chi connectivity index (χ1v) is 43.8. The molecule has 25 rings (SSSR count). The van der Waals surface area contributed by atoms with E-state index in [1.54, 1.807) is 0 Å². The van der Waals surface area contributed by atoms with E-state index < -0.39 is 0 Å². The molecule has 0 unspecified atom stereocenters. The standard InChI is InChI=1S/C42H29N3.2C39H28N2/c1-42(2)34-14-5-3-12-32(34)41-38(42)37(33-13-4-6-15-36(33)45-41)31-10-7-9-30(25-31)26-16-18-27(19-17-26)35-23-22-29-21-20-28-11-8-24-43-39(28)40(29)44-35;1-39(2)33-15-6-4-13-31(33)38-37(39)36(32-14-5-8-17-35(32)41-38)29-12-9-11-27(22-29)25-18-20-26(21-19-25)30-23-28-10-3-7-16-34(28)40-24-30;1-39(2)33-17-5-3-14-31(33)38-36(39)35(32-15-4-6-18-34(32)41-38)29-12-7-11-28(24-29)25-19-21-26(22-20-25)30-16-8-10-27-13-9-23-40-37(27)30/h3-25H,1-2H3;2*3-24H,1-2H3. The molecule has 7 nitrogen and oxygen atoms in total. The monoisotopic (exact) mass is 1620 g/mol. The summed E-state index contributed by atoms with van der Waals surface area (Å²) < 4.78 is 0. The topological polar surface area (TPSA) is 90.2 Å². The summed E-state index contributed by atoms with van der Waals surface area (Å²) in [5.74, 6) is 0. The van der Waals surface area contributed by atoms with Crippen molar-refractivity contribution in [3.63, 3.8) is 0 Å². The Hall–Kier alpha value is -15.8. The molecule has 600 valence electrons. The van der Waals surface area contributed by atoms with Crippen LogP contribution < -0.4 is 0 Å². The van der Waals surface area contributed by atoms with E-state index in [0.29, 0.717) is 0 Å². The number of fused-ring (bicyclic) bond motifs is 17. The van der Waals surface area contributed by atoms with Crippen molar-refractivity contribution in [2.45, 2.75) is 57.8 Å². The van der Waals surface area contributed by atoms with Crippen LogP contribution in [-0.4, -0.2) is 34.9 Å². The van der Waals surface area contributed by atoms with Crippen molar-refractivity contribution in [1.29, 1.82) is 0 Å². The van der Waals surface area contributed by atoms with Gasteiger partial charge in [-0.1, -0.05) is 363 Å². The van der Waals surface area contributed by atoms with Crippen LogP contribution in [0.25, 0.3) is 210 Å². The lowest BCUT2D eigenvalue weighted by Crippen LogP contribution is -2.16. The van der Waals surface area contributed by atoms with Gasteiger partial charge in [-0.3, -0.25) is 15.0 Å². The third-order valence-corrected chi connectivity index (χ3v) is 26.8. The molecule has 0 fully saturated rings. The van der Waals surface area contributed by atoms with Gasteiger partial charge in [0.15, 0.2) is 0 Å². The summed E-state index contributed by atoms with van der Waals surface area (Å²) in [4.78, 5) is 34.6. The summed E-state index contributed by atoms with van der Waals surface area (Å²) in [6.07, 6.45) is 5.67. The third kappa shape index (κ3) is 12.9. The lowest BCUT2D eigenvalue weighted by molar-refractivity contribution is 0.661. The molecule has 0 atom stereocenters. The lowest BCUT2D eigenvalue weighted by Gasteiger charge is -2.25. The molecule has 0 spiro atoms. The zero-order chi connectivity index (χ0) is 85.2. The van der Waals surface area contributed by atoms with E-state index in [4.69, 9.17) is 19.9 Å². The number of hydrogen-bond donors (Lipinski definition) is 0. The molecule has 3 aliphatic rings. The Bertz CT molecular complexity index is 8210. The number of hydrogen-bond acceptors (Lipinski definition) is 7. The smallest absolute Gasteiger partial charge is 0.0972 e. The van der Waals surface area contributed by atoms with Gasteiger partial charge in [0.05, 0.1) is 61.4 Å². The van der Waals surface area contributed by atoms with Crippen molar-refractivity contribution in [2.75, 3.05) is 0 Å². The highest BCUT2D eigenvalue weighted by atomic mass is 14.8. The highest BCUT2D eigenvalue weighted by Crippen LogP contribution is 2.57. The summed E-state index contributed by atoms with van der Waals surface area (Å²) in [7, 11) is 0. The van der Waals surface area contributed by atoms with Crippen LogP contribution in [0.2, 0.25) is 0 Å². The summed E-state index contributed by atoms with van der Waals surface area (Å²) >= 11 is 0. The number of pyridine rings is 7. The molecule has 0 N–H and O–H groups in total. The Kier molecular flexibility index (Phi) is 18.2. The lowest BCUT2D eigenvalue weighted by atomic mass is 9.78. The average molecular weight is 1630 g/mol. The van der Waals surface area contributed by atoms with Gasteiger partial charge in [0.25, 0.3) is 0 Å². The summed E-state index contributed by atoms with van der Waals surface area (Å²) in [5.41, 5.74) is 42.9. The maximum absolute atomic E-state index is 5.22. The Morgan fingerprint density at radius 1 is 0.197 bits per heavy atom. The maximum Gasteiger partial charge on any atom is 0.0972 e. The molecule has 3 aliphatic carbocycles. The third-order valence-electron chi connectivity index (χ3n) is 26.8. The van der Waals surface area contributed by atoms with Gasteiger partial charge in [-0.05, 0) is 178 Å². The van der Waals surface area contributed by atoms with Crippen LogP contribution in [0.3, 0.4) is 0 Å². The van der Waals surface area contributed by atoms with Crippen LogP contribution >= 0.6 is 0 Å². The van der Waals surface area contributed by atoms with Gasteiger partial charge in [0.1, 0.15) is 0 Å². The van der Waals surface area contributed by atoms with Gasteiger partial charge in [0.2, 0.25) is 0 Å². The summed E-state index contributed by atoms with van der Waals surface area (Å²) in [6, 6.07) is 139. The molecule has 0 saturated heterocycles. The largest absolute Gasteiger partial charge is 0.256 e. The van der Waals surface area contributed by atoms with Crippen molar-refractivity contribution < 1.29 is 0 Å². The van der Waals surface area contributed by atoms with E-state index in [1.165, 1.54) is 144 Å². The van der Waals surface area contributed by atoms with Gasteiger partial charge in [-0.15, -0.1) is 0 Å². The van der Waals surface area contributed by atoms with E-state index >= 15 is 0 Å². The molecule has 7 heterocycles. The second-order valence-corrected chi connectivity index (χ2v) is 35.4. The predicted molar refractivity (Wildman–Crippen MR) is 528 cm³/mol. The Morgan fingerprint density at radius 3 is 0.992 bits per heavy atom. The number of aromatic nitrogens is 7. The fourth-order valence-corrected chi connectivity index (χ4v) is 20.6. The molecule has 7 heteroatoms. The molecule has 127 heavy (non-hydrogen) atoms. The van der Waals surface area contributed by atoms with Crippen LogP contribution in [0.5, 0.6) is 0 Å². The summed E-state index contributed by atoms with van der Waals surface area (Å²) in [6.45, 7) is 14.0. The van der Waals surface area contributed by atoms with Crippen molar-refractivity contribution in [2.24, 2.45) is 0 Å². The Morgan fingerprint density at radius 2 is 0.528 bits per heavy atom. The Balaban J connectivity index is 0.000000109. The zero-order valence-corrected chi connectivity index (χ0v) is 71.3. The molecule has 0 bridgehead atoms. The molecule has 0 saturated carbocycles. The molecule has 0 aliphatic heterocycles. The molecular formula is C120H85N7. The van der Waals surface area contributed by atoms with Crippen molar-refractivity contribution >= 4 is 76.3 Å². The van der Waals surface area contributed by atoms with Gasteiger partial charge in [-0.2, -0.15) is 0 Å². The first-order chi connectivity index (χ1) is 62.2. The van der Waals surface area contributed by atoms with Crippen LogP contribution in [0, 0.1) is 0 Å². The molecule has 0 amide bonds. The zero-order valence-electron chi connectivity index (χ0n) is 71.3. The van der Waals surface area contributed by atoms with Gasteiger partial charge in [0, 0.05) is 106 Å². The fourth-order valence-electron chi connectivity index (χ4n) is 20.6. The maximum atomic E-state index is 5.22. The van der Waals surface area contributed by atoms with E-state index in [9.17, 15) is 0 Å². The second-order valence-electron chi connectivity index (χ2n) is 35.4. The molecular weight excluding hydrogens is 1540 g/mol. The first-order valence-electron chi connectivity index (χ1n) is 43.8. The number of benzene rings is 15. The molecule has 15 aromatic carbocycles. The van der Waals surface area contributed by atoms with Crippen LogP contribution in [0.15, 0.2) is 407 Å². The van der Waals surface area contributed by atoms with Gasteiger partial charge >= 0.3 is 0 Å². The number of nitrogens with zero attached hydrogens (tertiary/aromatic N) is 7. The van der Waals surface area contributed by atoms with E-state index in [2.05, 4.69) is 427 Å². The molecule has 7 aromatic heterocycles. The SMILES string of the molecule is CC1(C)c2ccccc2-c2nc3ccccc3c(-c3cccc(-c4ccc(-c5ccc6ccc7cccnc7c6n5)cc4)c3)c21.CC1(C)c2ccccc2-c2nc3ccccc3c(-c3cccc(-c4ccc(-c5cccc6cccnc56)cc4)c3)c21.CC1(C)c2ccccc2-c2nc3ccccc3c(-c3cccc(-c4ccc(-c5cnc6ccccc6c5)cc4)c3)c21. The van der Waals surface area contributed by atoms with Crippen molar-refractivity contribution in [1.82, 2.24) is 34.9 Å². The van der Waals surface area contributed by atoms with E-state index in [-0.39, 0.29) is 16.2 Å². The Labute approximate surface area is 738 Å². The number of para-hydroxylation sites is 5. The minimum absolute atomic E-state index is 0.149. The normalized spacial score (nSPS) is 13.3. The molecule has 22 aromatic rings. The first kappa shape index (κ1) is 76.1. The highest BCUT2D eigenvalue weighted by molar-refractivity contribution is 6.08. The summed E-state index contributed by atoms with van der Waals surface area (Å²) in [5, 5.41) is 8.10.